The van der Waals surface area contributed by atoms with Crippen LogP contribution in [0.1, 0.15) is 11.1 Å². The number of thiocarbonyl (C=S) groups is 1. The molecule has 3 rings (SSSR count). The summed E-state index contributed by atoms with van der Waals surface area (Å²) in [6, 6.07) is 15.8. The molecule has 0 saturated carbocycles. The molecule has 1 saturated heterocycles. The van der Waals surface area contributed by atoms with Gasteiger partial charge in [0.05, 0.1) is 21.6 Å². The Bertz CT molecular complexity index is 985. The quantitative estimate of drug-likeness (QED) is 0.247. The molecule has 0 radical (unpaired) electrons. The number of nitro benzene ring substituents is 1. The lowest BCUT2D eigenvalue weighted by Crippen LogP contribution is -2.22. The molecular weight excluding hydrogens is 382 g/mol. The van der Waals surface area contributed by atoms with Crippen LogP contribution in [-0.2, 0) is 4.79 Å². The third-order valence-electron chi connectivity index (χ3n) is 3.55. The van der Waals surface area contributed by atoms with Crippen LogP contribution >= 0.6 is 24.0 Å². The molecule has 2 aromatic carbocycles. The van der Waals surface area contributed by atoms with Crippen molar-refractivity contribution in [2.45, 2.75) is 0 Å². The Morgan fingerprint density at radius 3 is 2.56 bits per heavy atom. The highest BCUT2D eigenvalue weighted by Crippen LogP contribution is 2.31. The number of carbonyl (C=O) groups excluding carboxylic acids is 1. The standard InChI is InChI=1S/C19H13N3O3S2/c23-18-17(12-6-9-14-7-2-1-3-8-14)27-19(26)21(18)20-13-15-10-4-5-11-16(15)22(24)25/h1-13H/b9-6-,17-12+,20-13+. The van der Waals surface area contributed by atoms with Crippen LogP contribution in [0.4, 0.5) is 5.69 Å². The summed E-state index contributed by atoms with van der Waals surface area (Å²) in [5, 5.41) is 16.2. The van der Waals surface area contributed by atoms with E-state index in [1.807, 2.05) is 36.4 Å². The van der Waals surface area contributed by atoms with Crippen LogP contribution < -0.4 is 0 Å². The lowest BCUT2D eigenvalue weighted by atomic mass is 10.2. The molecule has 27 heavy (non-hydrogen) atoms. The average Bonchev–Trinajstić information content (AvgIpc) is 2.94. The summed E-state index contributed by atoms with van der Waals surface area (Å²) in [7, 11) is 0. The lowest BCUT2D eigenvalue weighted by Gasteiger charge is -2.06. The Labute approximate surface area is 165 Å². The van der Waals surface area contributed by atoms with Crippen molar-refractivity contribution < 1.29 is 9.72 Å². The number of hydrazone groups is 1. The van der Waals surface area contributed by atoms with Gasteiger partial charge < -0.3 is 0 Å². The van der Waals surface area contributed by atoms with E-state index in [0.717, 1.165) is 22.3 Å². The highest BCUT2D eigenvalue weighted by Gasteiger charge is 2.31. The van der Waals surface area contributed by atoms with Gasteiger partial charge in [0, 0.05) is 6.07 Å². The van der Waals surface area contributed by atoms with Gasteiger partial charge in [-0.3, -0.25) is 14.9 Å². The highest BCUT2D eigenvalue weighted by atomic mass is 32.2. The fourth-order valence-electron chi connectivity index (χ4n) is 2.27. The predicted octanol–water partition coefficient (Wildman–Crippen LogP) is 4.39. The molecule has 1 aliphatic rings. The highest BCUT2D eigenvalue weighted by molar-refractivity contribution is 8.26. The molecule has 134 valence electrons. The second-order valence-electron chi connectivity index (χ2n) is 5.35. The molecule has 0 bridgehead atoms. The molecule has 1 amide bonds. The van der Waals surface area contributed by atoms with E-state index in [9.17, 15) is 14.9 Å². The maximum Gasteiger partial charge on any atom is 0.286 e. The van der Waals surface area contributed by atoms with Crippen molar-refractivity contribution in [3.05, 3.63) is 92.9 Å². The molecule has 2 aromatic rings. The van der Waals surface area contributed by atoms with Crippen molar-refractivity contribution in [2.24, 2.45) is 5.10 Å². The molecule has 0 aliphatic carbocycles. The summed E-state index contributed by atoms with van der Waals surface area (Å²) >= 11 is 6.33. The number of thioether (sulfide) groups is 1. The number of allylic oxidation sites excluding steroid dienone is 2. The lowest BCUT2D eigenvalue weighted by molar-refractivity contribution is -0.385. The summed E-state index contributed by atoms with van der Waals surface area (Å²) in [4.78, 5) is 23.5. The number of hydrogen-bond acceptors (Lipinski definition) is 6. The fourth-order valence-corrected chi connectivity index (χ4v) is 3.39. The maximum absolute atomic E-state index is 12.5. The van der Waals surface area contributed by atoms with Crippen molar-refractivity contribution in [3.8, 4) is 0 Å². The fraction of sp³-hybridized carbons (Fsp3) is 0. The van der Waals surface area contributed by atoms with Crippen molar-refractivity contribution in [1.82, 2.24) is 5.01 Å². The molecule has 0 unspecified atom stereocenters. The molecule has 6 nitrogen and oxygen atoms in total. The molecule has 1 aliphatic heterocycles. The Balaban J connectivity index is 1.76. The van der Waals surface area contributed by atoms with Gasteiger partial charge in [0.15, 0.2) is 4.32 Å². The topological polar surface area (TPSA) is 75.8 Å². The average molecular weight is 395 g/mol. The summed E-state index contributed by atoms with van der Waals surface area (Å²) < 4.78 is 0.272. The first-order valence-corrected chi connectivity index (χ1v) is 9.06. The smallest absolute Gasteiger partial charge is 0.266 e. The molecule has 1 fully saturated rings. The first-order valence-electron chi connectivity index (χ1n) is 7.83. The van der Waals surface area contributed by atoms with Gasteiger partial charge in [0.25, 0.3) is 11.6 Å². The van der Waals surface area contributed by atoms with Gasteiger partial charge in [-0.2, -0.15) is 10.1 Å². The zero-order chi connectivity index (χ0) is 19.2. The summed E-state index contributed by atoms with van der Waals surface area (Å²) in [5.41, 5.74) is 1.22. The molecule has 1 heterocycles. The van der Waals surface area contributed by atoms with Crippen molar-refractivity contribution in [2.75, 3.05) is 0 Å². The Kier molecular flexibility index (Phi) is 5.90. The third kappa shape index (κ3) is 4.55. The largest absolute Gasteiger partial charge is 0.286 e. The van der Waals surface area contributed by atoms with Crippen molar-refractivity contribution in [3.63, 3.8) is 0 Å². The van der Waals surface area contributed by atoms with Crippen molar-refractivity contribution in [1.29, 1.82) is 0 Å². The third-order valence-corrected chi connectivity index (χ3v) is 4.86. The monoisotopic (exact) mass is 395 g/mol. The van der Waals surface area contributed by atoms with Crippen LogP contribution in [0.25, 0.3) is 6.08 Å². The second-order valence-corrected chi connectivity index (χ2v) is 7.02. The second kappa shape index (κ2) is 8.52. The number of hydrogen-bond donors (Lipinski definition) is 0. The molecular formula is C19H13N3O3S2. The van der Waals surface area contributed by atoms with E-state index in [0.29, 0.717) is 10.5 Å². The molecule has 8 heteroatoms. The summed E-state index contributed by atoms with van der Waals surface area (Å²) in [6.45, 7) is 0. The molecule has 0 N–H and O–H groups in total. The van der Waals surface area contributed by atoms with E-state index in [2.05, 4.69) is 5.10 Å². The number of benzene rings is 2. The zero-order valence-corrected chi connectivity index (χ0v) is 15.5. The van der Waals surface area contributed by atoms with E-state index in [1.54, 1.807) is 30.4 Å². The van der Waals surface area contributed by atoms with E-state index in [1.165, 1.54) is 12.3 Å². The van der Waals surface area contributed by atoms with Crippen LogP contribution in [0.3, 0.4) is 0 Å². The van der Waals surface area contributed by atoms with Crippen LogP contribution in [0.5, 0.6) is 0 Å². The number of rotatable bonds is 5. The molecule has 0 aromatic heterocycles. The normalized spacial score (nSPS) is 16.1. The van der Waals surface area contributed by atoms with Gasteiger partial charge in [-0.25, -0.2) is 0 Å². The van der Waals surface area contributed by atoms with E-state index in [4.69, 9.17) is 12.2 Å². The molecule has 0 atom stereocenters. The van der Waals surface area contributed by atoms with E-state index in [-0.39, 0.29) is 15.9 Å². The summed E-state index contributed by atoms with van der Waals surface area (Å²) in [6.07, 6.45) is 6.59. The van der Waals surface area contributed by atoms with Gasteiger partial charge in [-0.05, 0) is 29.9 Å². The Morgan fingerprint density at radius 1 is 1.11 bits per heavy atom. The van der Waals surface area contributed by atoms with Crippen LogP contribution in [-0.4, -0.2) is 26.4 Å². The van der Waals surface area contributed by atoms with Crippen LogP contribution in [0, 0.1) is 10.1 Å². The van der Waals surface area contributed by atoms with Gasteiger partial charge in [0.1, 0.15) is 0 Å². The minimum Gasteiger partial charge on any atom is -0.266 e. The zero-order valence-electron chi connectivity index (χ0n) is 13.9. The van der Waals surface area contributed by atoms with Crippen molar-refractivity contribution >= 4 is 52.2 Å². The number of carbonyl (C=O) groups is 1. The first-order chi connectivity index (χ1) is 13.1. The van der Waals surface area contributed by atoms with Gasteiger partial charge in [-0.15, -0.1) is 0 Å². The number of nitrogens with zero attached hydrogens (tertiary/aromatic N) is 3. The minimum absolute atomic E-state index is 0.0898. The predicted molar refractivity (Wildman–Crippen MR) is 111 cm³/mol. The van der Waals surface area contributed by atoms with Gasteiger partial charge in [-0.1, -0.05) is 66.4 Å². The van der Waals surface area contributed by atoms with Crippen LogP contribution in [0.2, 0.25) is 0 Å². The van der Waals surface area contributed by atoms with E-state index >= 15 is 0 Å². The first kappa shape index (κ1) is 18.7. The van der Waals surface area contributed by atoms with Crippen LogP contribution in [0.15, 0.2) is 76.8 Å². The maximum atomic E-state index is 12.5. The number of nitro groups is 1. The van der Waals surface area contributed by atoms with Gasteiger partial charge >= 0.3 is 0 Å². The van der Waals surface area contributed by atoms with Gasteiger partial charge in [0.2, 0.25) is 0 Å². The minimum atomic E-state index is -0.500. The Hall–Kier alpha value is -3.10. The SMILES string of the molecule is O=C1/C(=C\C=C/c2ccccc2)SC(=S)N1/N=C/c1ccccc1[N+](=O)[O-]. The Morgan fingerprint density at radius 2 is 1.81 bits per heavy atom. The van der Waals surface area contributed by atoms with E-state index < -0.39 is 4.92 Å². The molecule has 0 spiro atoms. The number of para-hydroxylation sites is 1. The summed E-state index contributed by atoms with van der Waals surface area (Å²) in [5.74, 6) is -0.363. The number of amides is 1.